The van der Waals surface area contributed by atoms with Crippen LogP contribution in [0.5, 0.6) is 5.75 Å². The van der Waals surface area contributed by atoms with Crippen LogP contribution in [0.15, 0.2) is 48.5 Å². The maximum absolute atomic E-state index is 12.6. The number of amides is 2. The molecule has 2 aromatic carbocycles. The number of carbonyl (C=O) groups excluding carboxylic acids is 2. The van der Waals surface area contributed by atoms with Gasteiger partial charge in [-0.2, -0.15) is 5.26 Å². The fourth-order valence-corrected chi connectivity index (χ4v) is 3.13. The van der Waals surface area contributed by atoms with Crippen molar-refractivity contribution in [3.05, 3.63) is 65.2 Å². The van der Waals surface area contributed by atoms with Crippen LogP contribution in [-0.2, 0) is 11.2 Å². The molecule has 1 saturated heterocycles. The molecule has 1 aliphatic rings. The summed E-state index contributed by atoms with van der Waals surface area (Å²) < 4.78 is 5.19. The van der Waals surface area contributed by atoms with Crippen molar-refractivity contribution >= 4 is 11.8 Å². The van der Waals surface area contributed by atoms with Gasteiger partial charge in [-0.1, -0.05) is 18.2 Å². The zero-order valence-electron chi connectivity index (χ0n) is 15.2. The van der Waals surface area contributed by atoms with Gasteiger partial charge in [-0.25, -0.2) is 0 Å². The van der Waals surface area contributed by atoms with Gasteiger partial charge in [0.25, 0.3) is 5.91 Å². The molecule has 6 nitrogen and oxygen atoms in total. The maximum atomic E-state index is 12.6. The lowest BCUT2D eigenvalue weighted by Crippen LogP contribution is -2.51. The van der Waals surface area contributed by atoms with Gasteiger partial charge in [-0.15, -0.1) is 0 Å². The maximum Gasteiger partial charge on any atom is 0.254 e. The molecule has 0 radical (unpaired) electrons. The molecular weight excluding hydrogens is 342 g/mol. The number of nitrogens with zero attached hydrogens (tertiary/aromatic N) is 3. The topological polar surface area (TPSA) is 73.6 Å². The summed E-state index contributed by atoms with van der Waals surface area (Å²) in [7, 11) is 1.60. The number of methoxy groups -OCH3 is 1. The Bertz CT molecular complexity index is 880. The Hall–Kier alpha value is -3.33. The van der Waals surface area contributed by atoms with Gasteiger partial charge in [-0.05, 0) is 35.9 Å². The SMILES string of the molecule is COc1cccc(CC(=O)N2CCN(C(=O)c3cccc(C#N)c3)CC2)c1. The number of hydrogen-bond donors (Lipinski definition) is 0. The standard InChI is InChI=1S/C21H21N3O3/c1-27-19-7-3-4-16(13-19)14-20(25)23-8-10-24(11-9-23)21(26)18-6-2-5-17(12-18)15-22/h2-7,12-13H,8-11,14H2,1H3. The highest BCUT2D eigenvalue weighted by atomic mass is 16.5. The summed E-state index contributed by atoms with van der Waals surface area (Å²) in [6.07, 6.45) is 0.315. The van der Waals surface area contributed by atoms with E-state index in [1.807, 2.05) is 30.3 Å². The van der Waals surface area contributed by atoms with Crippen LogP contribution < -0.4 is 4.74 Å². The fourth-order valence-electron chi connectivity index (χ4n) is 3.13. The van der Waals surface area contributed by atoms with Gasteiger partial charge in [0.15, 0.2) is 0 Å². The van der Waals surface area contributed by atoms with Crippen molar-refractivity contribution in [1.82, 2.24) is 9.80 Å². The number of ether oxygens (including phenoxy) is 1. The highest BCUT2D eigenvalue weighted by molar-refractivity contribution is 5.94. The minimum Gasteiger partial charge on any atom is -0.497 e. The van der Waals surface area contributed by atoms with Crippen LogP contribution in [0.2, 0.25) is 0 Å². The van der Waals surface area contributed by atoms with Crippen LogP contribution >= 0.6 is 0 Å². The van der Waals surface area contributed by atoms with E-state index in [4.69, 9.17) is 10.00 Å². The zero-order chi connectivity index (χ0) is 19.2. The quantitative estimate of drug-likeness (QED) is 0.834. The summed E-state index contributed by atoms with van der Waals surface area (Å²) in [6.45, 7) is 1.98. The average molecular weight is 363 g/mol. The summed E-state index contributed by atoms with van der Waals surface area (Å²) in [5, 5.41) is 8.98. The number of nitriles is 1. The van der Waals surface area contributed by atoms with Crippen LogP contribution in [-0.4, -0.2) is 54.9 Å². The lowest BCUT2D eigenvalue weighted by Gasteiger charge is -2.35. The summed E-state index contributed by atoms with van der Waals surface area (Å²) in [5.74, 6) is 0.671. The third-order valence-corrected chi connectivity index (χ3v) is 4.65. The van der Waals surface area contributed by atoms with Crippen LogP contribution in [0.4, 0.5) is 0 Å². The Morgan fingerprint density at radius 2 is 1.74 bits per heavy atom. The van der Waals surface area contributed by atoms with Crippen LogP contribution in [0, 0.1) is 11.3 Å². The van der Waals surface area contributed by atoms with E-state index < -0.39 is 0 Å². The van der Waals surface area contributed by atoms with Crippen molar-refractivity contribution in [2.45, 2.75) is 6.42 Å². The molecule has 0 bridgehead atoms. The number of hydrogen-bond acceptors (Lipinski definition) is 4. The molecule has 0 aromatic heterocycles. The van der Waals surface area contributed by atoms with E-state index in [0.29, 0.717) is 43.7 Å². The van der Waals surface area contributed by atoms with Crippen LogP contribution in [0.3, 0.4) is 0 Å². The first-order chi connectivity index (χ1) is 13.1. The van der Waals surface area contributed by atoms with Crippen molar-refractivity contribution in [3.8, 4) is 11.8 Å². The molecule has 0 atom stereocenters. The Morgan fingerprint density at radius 3 is 2.44 bits per heavy atom. The highest BCUT2D eigenvalue weighted by Crippen LogP contribution is 2.15. The van der Waals surface area contributed by atoms with Crippen molar-refractivity contribution < 1.29 is 14.3 Å². The molecule has 2 aromatic rings. The third kappa shape index (κ3) is 4.45. The van der Waals surface area contributed by atoms with Gasteiger partial charge in [0.2, 0.25) is 5.91 Å². The molecule has 0 aliphatic carbocycles. The van der Waals surface area contributed by atoms with Crippen LogP contribution in [0.1, 0.15) is 21.5 Å². The molecule has 2 amide bonds. The molecule has 1 fully saturated rings. The van der Waals surface area contributed by atoms with E-state index in [-0.39, 0.29) is 11.8 Å². The monoisotopic (exact) mass is 363 g/mol. The molecule has 1 aliphatic heterocycles. The predicted octanol–water partition coefficient (Wildman–Crippen LogP) is 2.09. The summed E-state index contributed by atoms with van der Waals surface area (Å²) in [4.78, 5) is 28.7. The normalized spacial score (nSPS) is 13.8. The lowest BCUT2D eigenvalue weighted by atomic mass is 10.1. The van der Waals surface area contributed by atoms with Gasteiger partial charge >= 0.3 is 0 Å². The van der Waals surface area contributed by atoms with Crippen molar-refractivity contribution in [3.63, 3.8) is 0 Å². The fraction of sp³-hybridized carbons (Fsp3) is 0.286. The largest absolute Gasteiger partial charge is 0.497 e. The molecule has 1 heterocycles. The molecule has 0 spiro atoms. The van der Waals surface area contributed by atoms with E-state index in [9.17, 15) is 9.59 Å². The van der Waals surface area contributed by atoms with Crippen molar-refractivity contribution in [1.29, 1.82) is 5.26 Å². The predicted molar refractivity (Wildman–Crippen MR) is 100 cm³/mol. The van der Waals surface area contributed by atoms with Gasteiger partial charge in [0.1, 0.15) is 5.75 Å². The second-order valence-corrected chi connectivity index (χ2v) is 6.39. The number of rotatable bonds is 4. The van der Waals surface area contributed by atoms with Crippen molar-refractivity contribution in [2.24, 2.45) is 0 Å². The van der Waals surface area contributed by atoms with Gasteiger partial charge in [0, 0.05) is 31.7 Å². The molecule has 0 unspecified atom stereocenters. The molecule has 6 heteroatoms. The number of benzene rings is 2. The van der Waals surface area contributed by atoms with E-state index in [1.54, 1.807) is 41.2 Å². The molecule has 0 saturated carbocycles. The minimum absolute atomic E-state index is 0.0434. The van der Waals surface area contributed by atoms with Crippen molar-refractivity contribution in [2.75, 3.05) is 33.3 Å². The summed E-state index contributed by atoms with van der Waals surface area (Å²) in [5.41, 5.74) is 1.88. The van der Waals surface area contributed by atoms with Gasteiger partial charge in [0.05, 0.1) is 25.2 Å². The first-order valence-electron chi connectivity index (χ1n) is 8.81. The molecular formula is C21H21N3O3. The first kappa shape index (κ1) is 18.5. The van der Waals surface area contributed by atoms with E-state index in [1.165, 1.54) is 0 Å². The Morgan fingerprint density at radius 1 is 1.04 bits per heavy atom. The average Bonchev–Trinajstić information content (AvgIpc) is 2.73. The Kier molecular flexibility index (Phi) is 5.72. The van der Waals surface area contributed by atoms with E-state index in [2.05, 4.69) is 0 Å². The van der Waals surface area contributed by atoms with Crippen LogP contribution in [0.25, 0.3) is 0 Å². The Balaban J connectivity index is 1.57. The lowest BCUT2D eigenvalue weighted by molar-refractivity contribution is -0.131. The number of piperazine rings is 1. The summed E-state index contributed by atoms with van der Waals surface area (Å²) >= 11 is 0. The molecule has 138 valence electrons. The van der Waals surface area contributed by atoms with Gasteiger partial charge < -0.3 is 14.5 Å². The second-order valence-electron chi connectivity index (χ2n) is 6.39. The van der Waals surface area contributed by atoms with E-state index in [0.717, 1.165) is 11.3 Å². The zero-order valence-corrected chi connectivity index (χ0v) is 15.2. The molecule has 3 rings (SSSR count). The third-order valence-electron chi connectivity index (χ3n) is 4.65. The Labute approximate surface area is 158 Å². The smallest absolute Gasteiger partial charge is 0.254 e. The van der Waals surface area contributed by atoms with E-state index >= 15 is 0 Å². The molecule has 27 heavy (non-hydrogen) atoms. The highest BCUT2D eigenvalue weighted by Gasteiger charge is 2.25. The minimum atomic E-state index is -0.105. The van der Waals surface area contributed by atoms with Gasteiger partial charge in [-0.3, -0.25) is 9.59 Å². The second kappa shape index (κ2) is 8.37. The first-order valence-corrected chi connectivity index (χ1v) is 8.81. The number of carbonyl (C=O) groups is 2. The summed E-state index contributed by atoms with van der Waals surface area (Å²) in [6, 6.07) is 16.2. The molecule has 0 N–H and O–H groups in total.